The Labute approximate surface area is 188 Å². The summed E-state index contributed by atoms with van der Waals surface area (Å²) in [6.07, 6.45) is 0. The van der Waals surface area contributed by atoms with Crippen LogP contribution in [0, 0.1) is 0 Å². The smallest absolute Gasteiger partial charge is 0.258 e. The zero-order valence-corrected chi connectivity index (χ0v) is 19.1. The van der Waals surface area contributed by atoms with E-state index in [1.54, 1.807) is 24.3 Å². The Morgan fingerprint density at radius 2 is 1.83 bits per heavy atom. The summed E-state index contributed by atoms with van der Waals surface area (Å²) in [4.78, 5) is 19.2. The molecule has 1 aliphatic rings. The normalized spacial score (nSPS) is 16.1. The van der Waals surface area contributed by atoms with Crippen molar-refractivity contribution in [2.45, 2.75) is 4.90 Å². The second-order valence-electron chi connectivity index (χ2n) is 6.93. The maximum atomic E-state index is 13.0. The number of hydrogen-bond donors (Lipinski definition) is 1. The van der Waals surface area contributed by atoms with E-state index in [1.165, 1.54) is 27.8 Å². The molecule has 1 fully saturated rings. The molecule has 11 heteroatoms. The monoisotopic (exact) mass is 484 g/mol. The maximum Gasteiger partial charge on any atom is 0.258 e. The van der Waals surface area contributed by atoms with Gasteiger partial charge < -0.3 is 4.90 Å². The molecule has 30 heavy (non-hydrogen) atoms. The molecule has 1 aliphatic heterocycles. The number of carbonyl (C=O) groups is 1. The van der Waals surface area contributed by atoms with Gasteiger partial charge in [-0.3, -0.25) is 10.1 Å². The van der Waals surface area contributed by atoms with E-state index in [-0.39, 0.29) is 15.5 Å². The Balaban J connectivity index is 1.57. The zero-order chi connectivity index (χ0) is 21.5. The quantitative estimate of drug-likeness (QED) is 0.608. The van der Waals surface area contributed by atoms with Crippen molar-refractivity contribution in [3.63, 3.8) is 0 Å². The van der Waals surface area contributed by atoms with Gasteiger partial charge in [-0.25, -0.2) is 13.4 Å². The predicted molar refractivity (Wildman–Crippen MR) is 120 cm³/mol. The van der Waals surface area contributed by atoms with Crippen molar-refractivity contribution in [2.75, 3.05) is 38.5 Å². The molecule has 3 aromatic rings. The lowest BCUT2D eigenvalue weighted by atomic mass is 10.2. The summed E-state index contributed by atoms with van der Waals surface area (Å²) < 4.78 is 28.1. The van der Waals surface area contributed by atoms with Gasteiger partial charge in [0, 0.05) is 31.2 Å². The average molecular weight is 485 g/mol. The lowest BCUT2D eigenvalue weighted by molar-refractivity contribution is 0.102. The number of thiazole rings is 1. The average Bonchev–Trinajstić information content (AvgIpc) is 3.09. The number of halogens is 2. The van der Waals surface area contributed by atoms with Crippen molar-refractivity contribution >= 4 is 65.8 Å². The van der Waals surface area contributed by atoms with Gasteiger partial charge in [0.25, 0.3) is 5.91 Å². The molecule has 0 aliphatic carbocycles. The first-order valence-electron chi connectivity index (χ1n) is 9.10. The minimum atomic E-state index is -3.58. The first-order chi connectivity index (χ1) is 14.2. The van der Waals surface area contributed by atoms with Crippen molar-refractivity contribution in [3.05, 3.63) is 52.0 Å². The number of hydrogen-bond acceptors (Lipinski definition) is 6. The number of likely N-dealkylation sites (N-methyl/N-ethyl adjacent to an activating group) is 1. The van der Waals surface area contributed by atoms with Gasteiger partial charge in [-0.1, -0.05) is 34.5 Å². The summed E-state index contributed by atoms with van der Waals surface area (Å²) in [7, 11) is -1.60. The summed E-state index contributed by atoms with van der Waals surface area (Å²) in [6.45, 7) is 2.32. The molecule has 1 amide bonds. The third kappa shape index (κ3) is 4.32. The minimum Gasteiger partial charge on any atom is -0.304 e. The Morgan fingerprint density at radius 3 is 2.53 bits per heavy atom. The molecule has 1 aromatic heterocycles. The topological polar surface area (TPSA) is 82.6 Å². The number of carbonyl (C=O) groups excluding carboxylic acids is 1. The number of piperazine rings is 1. The van der Waals surface area contributed by atoms with E-state index >= 15 is 0 Å². The lowest BCUT2D eigenvalue weighted by Gasteiger charge is -2.31. The number of benzene rings is 2. The number of aromatic nitrogens is 1. The van der Waals surface area contributed by atoms with Crippen molar-refractivity contribution in [3.8, 4) is 0 Å². The highest BCUT2D eigenvalue weighted by atomic mass is 35.5. The van der Waals surface area contributed by atoms with Crippen molar-refractivity contribution < 1.29 is 13.2 Å². The van der Waals surface area contributed by atoms with Gasteiger partial charge in [-0.05, 0) is 43.4 Å². The molecule has 158 valence electrons. The summed E-state index contributed by atoms with van der Waals surface area (Å²) in [6, 6.07) is 9.42. The molecular formula is C19H18Cl2N4O3S2. The summed E-state index contributed by atoms with van der Waals surface area (Å²) in [5.74, 6) is -0.416. The first-order valence-corrected chi connectivity index (χ1v) is 12.1. The van der Waals surface area contributed by atoms with Crippen LogP contribution in [0.4, 0.5) is 5.13 Å². The highest BCUT2D eigenvalue weighted by molar-refractivity contribution is 7.89. The fourth-order valence-corrected chi connectivity index (χ4v) is 6.05. The van der Waals surface area contributed by atoms with Gasteiger partial charge >= 0.3 is 0 Å². The number of nitrogens with one attached hydrogen (secondary N) is 1. The molecule has 0 saturated carbocycles. The van der Waals surface area contributed by atoms with E-state index in [9.17, 15) is 13.2 Å². The second kappa shape index (κ2) is 8.41. The highest BCUT2D eigenvalue weighted by Gasteiger charge is 2.28. The van der Waals surface area contributed by atoms with E-state index in [1.807, 2.05) is 7.05 Å². The minimum absolute atomic E-state index is 0.224. The first kappa shape index (κ1) is 21.5. The molecule has 2 heterocycles. The number of sulfonamides is 1. The van der Waals surface area contributed by atoms with Crippen LogP contribution < -0.4 is 5.32 Å². The van der Waals surface area contributed by atoms with E-state index in [2.05, 4.69) is 15.2 Å². The van der Waals surface area contributed by atoms with E-state index < -0.39 is 15.9 Å². The third-order valence-corrected chi connectivity index (χ3v) is 8.23. The van der Waals surface area contributed by atoms with Gasteiger partial charge in [0.2, 0.25) is 10.0 Å². The Kier molecular flexibility index (Phi) is 6.02. The molecule has 2 aromatic carbocycles. The largest absolute Gasteiger partial charge is 0.304 e. The number of fused-ring (bicyclic) bond motifs is 1. The van der Waals surface area contributed by atoms with Crippen molar-refractivity contribution in [1.29, 1.82) is 0 Å². The van der Waals surface area contributed by atoms with Crippen LogP contribution in [-0.4, -0.2) is 61.7 Å². The van der Waals surface area contributed by atoms with Gasteiger partial charge in [-0.15, -0.1) is 0 Å². The number of nitrogens with zero attached hydrogens (tertiary/aromatic N) is 3. The van der Waals surface area contributed by atoms with Gasteiger partial charge in [0.1, 0.15) is 0 Å². The van der Waals surface area contributed by atoms with Gasteiger partial charge in [-0.2, -0.15) is 4.31 Å². The van der Waals surface area contributed by atoms with Crippen molar-refractivity contribution in [1.82, 2.24) is 14.2 Å². The van der Waals surface area contributed by atoms with Crippen LogP contribution in [0.25, 0.3) is 10.2 Å². The molecule has 4 rings (SSSR count). The van der Waals surface area contributed by atoms with E-state index in [0.717, 1.165) is 0 Å². The molecule has 0 spiro atoms. The molecular weight excluding hydrogens is 467 g/mol. The molecule has 7 nitrogen and oxygen atoms in total. The van der Waals surface area contributed by atoms with E-state index in [4.69, 9.17) is 23.2 Å². The number of anilines is 1. The Bertz CT molecular complexity index is 1220. The lowest BCUT2D eigenvalue weighted by Crippen LogP contribution is -2.46. The molecule has 1 saturated heterocycles. The number of amides is 1. The van der Waals surface area contributed by atoms with E-state index in [0.29, 0.717) is 46.5 Å². The van der Waals surface area contributed by atoms with Crippen LogP contribution in [0.5, 0.6) is 0 Å². The summed E-state index contributed by atoms with van der Waals surface area (Å²) in [5.41, 5.74) is 0.883. The maximum absolute atomic E-state index is 13.0. The van der Waals surface area contributed by atoms with Crippen LogP contribution in [0.1, 0.15) is 10.4 Å². The van der Waals surface area contributed by atoms with Crippen LogP contribution in [0.3, 0.4) is 0 Å². The highest BCUT2D eigenvalue weighted by Crippen LogP contribution is 2.30. The summed E-state index contributed by atoms with van der Waals surface area (Å²) >= 11 is 13.2. The molecule has 0 bridgehead atoms. The fraction of sp³-hybridized carbons (Fsp3) is 0.263. The van der Waals surface area contributed by atoms with Gasteiger partial charge in [0.15, 0.2) is 5.13 Å². The van der Waals surface area contributed by atoms with Crippen LogP contribution in [-0.2, 0) is 10.0 Å². The Morgan fingerprint density at radius 1 is 1.10 bits per heavy atom. The molecule has 1 N–H and O–H groups in total. The number of rotatable bonds is 4. The third-order valence-electron chi connectivity index (χ3n) is 4.86. The standard InChI is InChI=1S/C19H18Cl2N4O3S2/c1-24-6-8-25(9-7-24)30(27,28)13-3-5-16-17(11-13)29-19(22-16)23-18(26)14-4-2-12(20)10-15(14)21/h2-5,10-11H,6-9H2,1H3,(H,22,23,26). The predicted octanol–water partition coefficient (Wildman–Crippen LogP) is 3.79. The fourth-order valence-electron chi connectivity index (χ4n) is 3.13. The van der Waals surface area contributed by atoms with Crippen molar-refractivity contribution in [2.24, 2.45) is 0 Å². The van der Waals surface area contributed by atoms with Crippen LogP contribution >= 0.6 is 34.5 Å². The molecule has 0 unspecified atom stereocenters. The van der Waals surface area contributed by atoms with Crippen LogP contribution in [0.15, 0.2) is 41.3 Å². The van der Waals surface area contributed by atoms with Crippen LogP contribution in [0.2, 0.25) is 10.0 Å². The molecule has 0 atom stereocenters. The summed E-state index contributed by atoms with van der Waals surface area (Å²) in [5, 5.41) is 3.74. The molecule has 0 radical (unpaired) electrons. The zero-order valence-electron chi connectivity index (χ0n) is 15.9. The Hall–Kier alpha value is -1.75. The van der Waals surface area contributed by atoms with Gasteiger partial charge in [0.05, 0.1) is 25.7 Å². The SMILES string of the molecule is CN1CCN(S(=O)(=O)c2ccc3nc(NC(=O)c4ccc(Cl)cc4Cl)sc3c2)CC1. The second-order valence-corrected chi connectivity index (χ2v) is 10.7.